The van der Waals surface area contributed by atoms with Gasteiger partial charge in [0, 0.05) is 31.2 Å². The molecule has 6 heteroatoms. The number of nitrogens with one attached hydrogen (secondary N) is 1. The number of ether oxygens (including phenoxy) is 1. The lowest BCUT2D eigenvalue weighted by Gasteiger charge is -2.36. The SMILES string of the molecule is CCOc1ccccc1N1CCN(CC(=O)N[C@H](C)c2ccccc2Cl)CC1. The molecule has 1 saturated heterocycles. The van der Waals surface area contributed by atoms with E-state index in [0.29, 0.717) is 18.2 Å². The van der Waals surface area contributed by atoms with Crippen LogP contribution in [0.2, 0.25) is 5.02 Å². The molecule has 0 spiro atoms. The molecule has 150 valence electrons. The number of carbonyl (C=O) groups excluding carboxylic acids is 1. The molecular formula is C22H28ClN3O2. The highest BCUT2D eigenvalue weighted by molar-refractivity contribution is 6.31. The number of hydrogen-bond donors (Lipinski definition) is 1. The molecule has 1 amide bonds. The molecule has 0 unspecified atom stereocenters. The summed E-state index contributed by atoms with van der Waals surface area (Å²) in [7, 11) is 0. The molecule has 1 aliphatic heterocycles. The molecule has 0 bridgehead atoms. The van der Waals surface area contributed by atoms with E-state index >= 15 is 0 Å². The smallest absolute Gasteiger partial charge is 0.234 e. The number of amides is 1. The minimum absolute atomic E-state index is 0.0237. The monoisotopic (exact) mass is 401 g/mol. The summed E-state index contributed by atoms with van der Waals surface area (Å²) < 4.78 is 5.75. The number of rotatable bonds is 7. The maximum atomic E-state index is 12.5. The third kappa shape index (κ3) is 5.18. The standard InChI is InChI=1S/C22H28ClN3O2/c1-3-28-21-11-7-6-10-20(21)26-14-12-25(13-15-26)16-22(27)24-17(2)18-8-4-5-9-19(18)23/h4-11,17H,3,12-16H2,1-2H3,(H,24,27)/t17-/m1/s1. The topological polar surface area (TPSA) is 44.8 Å². The van der Waals surface area contributed by atoms with Gasteiger partial charge in [0.05, 0.1) is 24.9 Å². The third-order valence-electron chi connectivity index (χ3n) is 4.99. The summed E-state index contributed by atoms with van der Waals surface area (Å²) in [5, 5.41) is 3.73. The van der Waals surface area contributed by atoms with E-state index in [1.807, 2.05) is 56.3 Å². The van der Waals surface area contributed by atoms with Gasteiger partial charge in [0.25, 0.3) is 0 Å². The quantitative estimate of drug-likeness (QED) is 0.767. The Hall–Kier alpha value is -2.24. The molecule has 1 fully saturated rings. The van der Waals surface area contributed by atoms with E-state index in [0.717, 1.165) is 43.2 Å². The summed E-state index contributed by atoms with van der Waals surface area (Å²) in [5.74, 6) is 0.945. The summed E-state index contributed by atoms with van der Waals surface area (Å²) in [6.07, 6.45) is 0. The van der Waals surface area contributed by atoms with Crippen LogP contribution >= 0.6 is 11.6 Å². The van der Waals surface area contributed by atoms with Crippen LogP contribution in [0.4, 0.5) is 5.69 Å². The third-order valence-corrected chi connectivity index (χ3v) is 5.34. The van der Waals surface area contributed by atoms with Gasteiger partial charge >= 0.3 is 0 Å². The van der Waals surface area contributed by atoms with Crippen molar-refractivity contribution in [2.75, 3.05) is 44.2 Å². The minimum atomic E-state index is -0.111. The average Bonchev–Trinajstić information content (AvgIpc) is 2.69. The van der Waals surface area contributed by atoms with Crippen molar-refractivity contribution < 1.29 is 9.53 Å². The van der Waals surface area contributed by atoms with Crippen LogP contribution in [0.3, 0.4) is 0 Å². The molecule has 28 heavy (non-hydrogen) atoms. The van der Waals surface area contributed by atoms with E-state index in [1.54, 1.807) is 0 Å². The van der Waals surface area contributed by atoms with Crippen LogP contribution in [0.5, 0.6) is 5.75 Å². The van der Waals surface area contributed by atoms with Crippen molar-refractivity contribution in [3.8, 4) is 5.75 Å². The molecule has 3 rings (SSSR count). The average molecular weight is 402 g/mol. The van der Waals surface area contributed by atoms with Crippen LogP contribution in [0.1, 0.15) is 25.5 Å². The van der Waals surface area contributed by atoms with E-state index < -0.39 is 0 Å². The number of benzene rings is 2. The summed E-state index contributed by atoms with van der Waals surface area (Å²) in [6, 6.07) is 15.6. The molecule has 1 aliphatic rings. The molecular weight excluding hydrogens is 374 g/mol. The maximum Gasteiger partial charge on any atom is 0.234 e. The van der Waals surface area contributed by atoms with E-state index in [9.17, 15) is 4.79 Å². The van der Waals surface area contributed by atoms with Crippen LogP contribution < -0.4 is 15.0 Å². The Morgan fingerprint density at radius 3 is 2.50 bits per heavy atom. The summed E-state index contributed by atoms with van der Waals surface area (Å²) in [5.41, 5.74) is 2.07. The molecule has 1 N–H and O–H groups in total. The zero-order chi connectivity index (χ0) is 19.9. The Morgan fingerprint density at radius 1 is 1.11 bits per heavy atom. The van der Waals surface area contributed by atoms with E-state index in [-0.39, 0.29) is 11.9 Å². The first-order chi connectivity index (χ1) is 13.6. The Morgan fingerprint density at radius 2 is 1.79 bits per heavy atom. The molecule has 0 radical (unpaired) electrons. The Labute approximate surface area is 172 Å². The van der Waals surface area contributed by atoms with Gasteiger partial charge in [0.1, 0.15) is 5.75 Å². The molecule has 5 nitrogen and oxygen atoms in total. The normalized spacial score (nSPS) is 15.9. The van der Waals surface area contributed by atoms with Crippen molar-refractivity contribution in [3.05, 3.63) is 59.1 Å². The van der Waals surface area contributed by atoms with Gasteiger partial charge in [-0.1, -0.05) is 41.9 Å². The number of para-hydroxylation sites is 2. The van der Waals surface area contributed by atoms with Crippen LogP contribution in [0.25, 0.3) is 0 Å². The first-order valence-corrected chi connectivity index (χ1v) is 10.2. The molecule has 1 heterocycles. The van der Waals surface area contributed by atoms with Crippen molar-refractivity contribution >= 4 is 23.2 Å². The summed E-state index contributed by atoms with van der Waals surface area (Å²) in [4.78, 5) is 17.0. The van der Waals surface area contributed by atoms with Gasteiger partial charge in [-0.25, -0.2) is 0 Å². The highest BCUT2D eigenvalue weighted by atomic mass is 35.5. The van der Waals surface area contributed by atoms with Gasteiger partial charge in [-0.2, -0.15) is 0 Å². The molecule has 0 aliphatic carbocycles. The molecule has 0 saturated carbocycles. The van der Waals surface area contributed by atoms with Crippen molar-refractivity contribution in [1.82, 2.24) is 10.2 Å². The molecule has 1 atom stereocenters. The van der Waals surface area contributed by atoms with Gasteiger partial charge in [0.15, 0.2) is 0 Å². The Bertz CT molecular complexity index is 791. The number of piperazine rings is 1. The lowest BCUT2D eigenvalue weighted by molar-refractivity contribution is -0.123. The van der Waals surface area contributed by atoms with Crippen molar-refractivity contribution in [3.63, 3.8) is 0 Å². The second kappa shape index (κ2) is 9.80. The largest absolute Gasteiger partial charge is 0.492 e. The van der Waals surface area contributed by atoms with Crippen molar-refractivity contribution in [2.45, 2.75) is 19.9 Å². The fourth-order valence-electron chi connectivity index (χ4n) is 3.54. The molecule has 0 aromatic heterocycles. The van der Waals surface area contributed by atoms with E-state index in [2.05, 4.69) is 21.2 Å². The Kier molecular flexibility index (Phi) is 7.18. The predicted octanol–water partition coefficient (Wildman–Crippen LogP) is 3.74. The zero-order valence-electron chi connectivity index (χ0n) is 16.5. The number of halogens is 1. The highest BCUT2D eigenvalue weighted by Gasteiger charge is 2.22. The summed E-state index contributed by atoms with van der Waals surface area (Å²) >= 11 is 6.23. The number of carbonyl (C=O) groups is 1. The first kappa shape index (κ1) is 20.5. The van der Waals surface area contributed by atoms with Crippen LogP contribution in [-0.4, -0.2) is 50.1 Å². The lowest BCUT2D eigenvalue weighted by atomic mass is 10.1. The van der Waals surface area contributed by atoms with Gasteiger partial charge in [-0.15, -0.1) is 0 Å². The second-order valence-electron chi connectivity index (χ2n) is 6.97. The maximum absolute atomic E-state index is 12.5. The number of nitrogens with zero attached hydrogens (tertiary/aromatic N) is 2. The Balaban J connectivity index is 1.50. The second-order valence-corrected chi connectivity index (χ2v) is 7.38. The zero-order valence-corrected chi connectivity index (χ0v) is 17.3. The van der Waals surface area contributed by atoms with Crippen LogP contribution in [0, 0.1) is 0 Å². The number of anilines is 1. The fraction of sp³-hybridized carbons (Fsp3) is 0.409. The first-order valence-electron chi connectivity index (χ1n) is 9.81. The van der Waals surface area contributed by atoms with Crippen LogP contribution in [-0.2, 0) is 4.79 Å². The van der Waals surface area contributed by atoms with Crippen LogP contribution in [0.15, 0.2) is 48.5 Å². The molecule has 2 aromatic carbocycles. The van der Waals surface area contributed by atoms with Gasteiger partial charge < -0.3 is 15.0 Å². The number of hydrogen-bond acceptors (Lipinski definition) is 4. The highest BCUT2D eigenvalue weighted by Crippen LogP contribution is 2.28. The van der Waals surface area contributed by atoms with Crippen molar-refractivity contribution in [2.24, 2.45) is 0 Å². The van der Waals surface area contributed by atoms with E-state index in [1.165, 1.54) is 0 Å². The predicted molar refractivity (Wildman–Crippen MR) is 114 cm³/mol. The van der Waals surface area contributed by atoms with E-state index in [4.69, 9.17) is 16.3 Å². The van der Waals surface area contributed by atoms with Crippen molar-refractivity contribution in [1.29, 1.82) is 0 Å². The fourth-order valence-corrected chi connectivity index (χ4v) is 3.84. The summed E-state index contributed by atoms with van der Waals surface area (Å²) in [6.45, 7) is 8.44. The molecule has 2 aromatic rings. The lowest BCUT2D eigenvalue weighted by Crippen LogP contribution is -2.49. The van der Waals surface area contributed by atoms with Gasteiger partial charge in [-0.3, -0.25) is 9.69 Å². The van der Waals surface area contributed by atoms with Gasteiger partial charge in [-0.05, 0) is 37.6 Å². The minimum Gasteiger partial charge on any atom is -0.492 e. The van der Waals surface area contributed by atoms with Gasteiger partial charge in [0.2, 0.25) is 5.91 Å².